The fourth-order valence-corrected chi connectivity index (χ4v) is 8.76. The monoisotopic (exact) mass is 926 g/mol. The van der Waals surface area contributed by atoms with Crippen LogP contribution in [0.2, 0.25) is 0 Å². The van der Waals surface area contributed by atoms with Crippen LogP contribution in [0, 0.1) is 0 Å². The number of aliphatic hydroxyl groups is 1. The van der Waals surface area contributed by atoms with E-state index in [1.165, 1.54) is 205 Å². The molecule has 2 unspecified atom stereocenters. The molecule has 0 heterocycles. The summed E-state index contributed by atoms with van der Waals surface area (Å²) in [7, 11) is -4.42. The lowest BCUT2D eigenvalue weighted by Crippen LogP contribution is -2.27. The van der Waals surface area contributed by atoms with Gasteiger partial charge in [0.1, 0.15) is 12.7 Å². The standard InChI is InChI=1S/C54H104NO8P/c1-3-5-7-9-11-13-15-17-19-21-23-24-25-26-27-29-30-32-34-36-38-40-42-44-46-53(57)55-48-49-62-64(59,60)63-51-52(56)50-61-54(58)47-45-43-41-39-37-35-33-31-28-22-20-18-16-14-12-10-8-6-4-2/h12,14,18,20,52,56H,3-11,13,15-17,19,21-51H2,1-2H3,(H,55,57)(H,59,60)/b14-12-,20-18-. The molecule has 3 N–H and O–H groups in total. The minimum absolute atomic E-state index is 0.0856. The van der Waals surface area contributed by atoms with Gasteiger partial charge in [-0.1, -0.05) is 244 Å². The lowest BCUT2D eigenvalue weighted by atomic mass is 10.0. The number of nitrogens with one attached hydrogen (secondary N) is 1. The highest BCUT2D eigenvalue weighted by Crippen LogP contribution is 2.42. The molecule has 378 valence electrons. The van der Waals surface area contributed by atoms with E-state index in [0.717, 1.165) is 44.9 Å². The maximum absolute atomic E-state index is 12.2. The van der Waals surface area contributed by atoms with E-state index in [0.29, 0.717) is 6.42 Å². The van der Waals surface area contributed by atoms with Crippen LogP contribution in [0.4, 0.5) is 0 Å². The van der Waals surface area contributed by atoms with Gasteiger partial charge >= 0.3 is 13.8 Å². The van der Waals surface area contributed by atoms with E-state index in [1.807, 2.05) is 0 Å². The summed E-state index contributed by atoms with van der Waals surface area (Å²) in [6.07, 6.45) is 58.4. The maximum Gasteiger partial charge on any atom is 0.472 e. The first kappa shape index (κ1) is 62.5. The molecule has 0 aliphatic heterocycles. The van der Waals surface area contributed by atoms with Crippen molar-refractivity contribution >= 4 is 19.7 Å². The first-order chi connectivity index (χ1) is 31.3. The minimum Gasteiger partial charge on any atom is -0.463 e. The van der Waals surface area contributed by atoms with Gasteiger partial charge in [0.25, 0.3) is 0 Å². The second-order valence-corrected chi connectivity index (χ2v) is 20.0. The molecule has 10 heteroatoms. The second-order valence-electron chi connectivity index (χ2n) is 18.6. The van der Waals surface area contributed by atoms with Crippen LogP contribution in [0.25, 0.3) is 0 Å². The van der Waals surface area contributed by atoms with Gasteiger partial charge in [0, 0.05) is 19.4 Å². The molecule has 0 aromatic rings. The maximum atomic E-state index is 12.2. The molecule has 0 bridgehead atoms. The number of unbranched alkanes of at least 4 members (excludes halogenated alkanes) is 35. The molecule has 0 fully saturated rings. The average molecular weight is 926 g/mol. The molecule has 0 aromatic heterocycles. The lowest BCUT2D eigenvalue weighted by Gasteiger charge is -2.15. The summed E-state index contributed by atoms with van der Waals surface area (Å²) >= 11 is 0. The summed E-state index contributed by atoms with van der Waals surface area (Å²) in [5.74, 6) is -0.508. The van der Waals surface area contributed by atoms with Crippen molar-refractivity contribution in [3.63, 3.8) is 0 Å². The Morgan fingerprint density at radius 1 is 0.484 bits per heavy atom. The molecule has 0 spiro atoms. The largest absolute Gasteiger partial charge is 0.472 e. The molecule has 0 radical (unpaired) electrons. The van der Waals surface area contributed by atoms with Crippen LogP contribution in [0.5, 0.6) is 0 Å². The highest BCUT2D eigenvalue weighted by molar-refractivity contribution is 7.47. The van der Waals surface area contributed by atoms with Crippen LogP contribution in [0.1, 0.15) is 277 Å². The predicted octanol–water partition coefficient (Wildman–Crippen LogP) is 16.3. The number of carbonyl (C=O) groups is 2. The fourth-order valence-electron chi connectivity index (χ4n) is 8.00. The van der Waals surface area contributed by atoms with E-state index in [1.54, 1.807) is 0 Å². The Morgan fingerprint density at radius 2 is 0.844 bits per heavy atom. The SMILES string of the molecule is CCCCC/C=C\C/C=C\CCCCCCCCCCCC(=O)OCC(O)COP(=O)(O)OCCNC(=O)CCCCCCCCCCCCCCCCCCCCCCCCCC. The minimum atomic E-state index is -4.42. The van der Waals surface area contributed by atoms with Gasteiger partial charge in [0.05, 0.1) is 13.2 Å². The second kappa shape index (κ2) is 50.9. The zero-order valence-corrected chi connectivity index (χ0v) is 42.9. The number of ether oxygens (including phenoxy) is 1. The molecule has 0 aliphatic carbocycles. The van der Waals surface area contributed by atoms with Gasteiger partial charge in [-0.25, -0.2) is 4.57 Å². The quantitative estimate of drug-likeness (QED) is 0.0238. The Morgan fingerprint density at radius 3 is 1.28 bits per heavy atom. The number of hydrogen-bond acceptors (Lipinski definition) is 7. The normalized spacial score (nSPS) is 13.2. The predicted molar refractivity (Wildman–Crippen MR) is 271 cm³/mol. The topological polar surface area (TPSA) is 131 Å². The highest BCUT2D eigenvalue weighted by atomic mass is 31.2. The Hall–Kier alpha value is -1.51. The van der Waals surface area contributed by atoms with Crippen LogP contribution >= 0.6 is 7.82 Å². The average Bonchev–Trinajstić information content (AvgIpc) is 3.28. The van der Waals surface area contributed by atoms with Crippen molar-refractivity contribution in [1.82, 2.24) is 5.32 Å². The number of esters is 1. The van der Waals surface area contributed by atoms with Crippen molar-refractivity contribution in [3.05, 3.63) is 24.3 Å². The third-order valence-corrected chi connectivity index (χ3v) is 13.1. The highest BCUT2D eigenvalue weighted by Gasteiger charge is 2.23. The van der Waals surface area contributed by atoms with E-state index in [-0.39, 0.29) is 32.1 Å². The molecule has 0 rings (SSSR count). The first-order valence-electron chi connectivity index (χ1n) is 27.3. The van der Waals surface area contributed by atoms with Crippen LogP contribution in [0.3, 0.4) is 0 Å². The van der Waals surface area contributed by atoms with Crippen molar-refractivity contribution in [2.45, 2.75) is 283 Å². The summed E-state index contributed by atoms with van der Waals surface area (Å²) in [5, 5.41) is 12.8. The van der Waals surface area contributed by atoms with Crippen molar-refractivity contribution in [3.8, 4) is 0 Å². The zero-order valence-electron chi connectivity index (χ0n) is 42.0. The number of allylic oxidation sites excluding steroid dienone is 4. The van der Waals surface area contributed by atoms with Crippen molar-refractivity contribution in [2.24, 2.45) is 0 Å². The Bertz CT molecular complexity index is 1100. The summed E-state index contributed by atoms with van der Waals surface area (Å²) in [5.41, 5.74) is 0. The van der Waals surface area contributed by atoms with Crippen molar-refractivity contribution in [2.75, 3.05) is 26.4 Å². The van der Waals surface area contributed by atoms with Gasteiger partial charge in [0.2, 0.25) is 5.91 Å². The molecule has 2 atom stereocenters. The van der Waals surface area contributed by atoms with E-state index < -0.39 is 26.5 Å². The van der Waals surface area contributed by atoms with Gasteiger partial charge in [-0.05, 0) is 44.9 Å². The lowest BCUT2D eigenvalue weighted by molar-refractivity contribution is -0.147. The zero-order chi connectivity index (χ0) is 46.7. The van der Waals surface area contributed by atoms with E-state index >= 15 is 0 Å². The van der Waals surface area contributed by atoms with Gasteiger partial charge in [-0.2, -0.15) is 0 Å². The molecule has 0 aromatic carbocycles. The van der Waals surface area contributed by atoms with Gasteiger partial charge in [-0.15, -0.1) is 0 Å². The Labute approximate surface area is 395 Å². The molecular weight excluding hydrogens is 822 g/mol. The molecule has 64 heavy (non-hydrogen) atoms. The van der Waals surface area contributed by atoms with Crippen LogP contribution in [-0.4, -0.2) is 54.3 Å². The number of hydrogen-bond donors (Lipinski definition) is 3. The van der Waals surface area contributed by atoms with E-state index in [9.17, 15) is 24.2 Å². The Kier molecular flexibility index (Phi) is 49.7. The summed E-state index contributed by atoms with van der Waals surface area (Å²) < 4.78 is 27.0. The first-order valence-corrected chi connectivity index (χ1v) is 28.8. The summed E-state index contributed by atoms with van der Waals surface area (Å²) in [6.45, 7) is 3.58. The molecule has 1 amide bonds. The van der Waals surface area contributed by atoms with E-state index in [4.69, 9.17) is 13.8 Å². The van der Waals surface area contributed by atoms with Crippen molar-refractivity contribution in [1.29, 1.82) is 0 Å². The van der Waals surface area contributed by atoms with Gasteiger partial charge in [0.15, 0.2) is 0 Å². The molecule has 9 nitrogen and oxygen atoms in total. The Balaban J connectivity index is 3.50. The smallest absolute Gasteiger partial charge is 0.463 e. The number of phosphoric ester groups is 1. The molecule has 0 saturated carbocycles. The third-order valence-electron chi connectivity index (χ3n) is 12.1. The van der Waals surface area contributed by atoms with Crippen LogP contribution in [0.15, 0.2) is 24.3 Å². The molecule has 0 saturated heterocycles. The third kappa shape index (κ3) is 51.5. The fraction of sp³-hybridized carbons (Fsp3) is 0.889. The summed E-state index contributed by atoms with van der Waals surface area (Å²) in [6, 6.07) is 0. The molecule has 0 aliphatic rings. The van der Waals surface area contributed by atoms with Crippen LogP contribution < -0.4 is 5.32 Å². The number of phosphoric acid groups is 1. The van der Waals surface area contributed by atoms with Crippen molar-refractivity contribution < 1.29 is 37.9 Å². The van der Waals surface area contributed by atoms with Crippen LogP contribution in [-0.2, 0) is 27.9 Å². The number of amides is 1. The van der Waals surface area contributed by atoms with Gasteiger partial charge in [-0.3, -0.25) is 18.6 Å². The van der Waals surface area contributed by atoms with Gasteiger partial charge < -0.3 is 20.1 Å². The number of rotatable bonds is 52. The molecular formula is C54H104NO8P. The number of aliphatic hydroxyl groups excluding tert-OH is 1. The number of carbonyl (C=O) groups excluding carboxylic acids is 2. The summed E-state index contributed by atoms with van der Waals surface area (Å²) in [4.78, 5) is 34.1. The van der Waals surface area contributed by atoms with E-state index in [2.05, 4.69) is 43.5 Å².